The minimum absolute atomic E-state index is 0.127. The van der Waals surface area contributed by atoms with Crippen LogP contribution >= 0.6 is 11.3 Å². The van der Waals surface area contributed by atoms with Crippen molar-refractivity contribution in [2.75, 3.05) is 0 Å². The number of hydrogen-bond acceptors (Lipinski definition) is 4. The predicted octanol–water partition coefficient (Wildman–Crippen LogP) is 4.23. The van der Waals surface area contributed by atoms with Gasteiger partial charge in [-0.15, -0.1) is 11.3 Å². The SMILES string of the molecule is Cc1cc(CNC(C)(C)C)cc(C)c1OCc1cscn1. The van der Waals surface area contributed by atoms with Crippen molar-refractivity contribution in [3.05, 3.63) is 45.4 Å². The fraction of sp³-hybridized carbons (Fsp3) is 0.471. The molecule has 1 heterocycles. The van der Waals surface area contributed by atoms with Gasteiger partial charge in [-0.25, -0.2) is 4.98 Å². The molecule has 0 aliphatic carbocycles. The molecule has 21 heavy (non-hydrogen) atoms. The average molecular weight is 304 g/mol. The molecule has 0 amide bonds. The van der Waals surface area contributed by atoms with Gasteiger partial charge in [0, 0.05) is 17.5 Å². The lowest BCUT2D eigenvalue weighted by atomic mass is 10.0. The number of thiazole rings is 1. The highest BCUT2D eigenvalue weighted by atomic mass is 32.1. The lowest BCUT2D eigenvalue weighted by Crippen LogP contribution is -2.35. The molecule has 0 fully saturated rings. The van der Waals surface area contributed by atoms with Crippen molar-refractivity contribution in [1.82, 2.24) is 10.3 Å². The Kier molecular flexibility index (Phi) is 5.01. The second-order valence-corrected chi connectivity index (χ2v) is 7.15. The van der Waals surface area contributed by atoms with E-state index in [0.717, 1.165) is 18.0 Å². The van der Waals surface area contributed by atoms with E-state index in [4.69, 9.17) is 4.74 Å². The highest BCUT2D eigenvalue weighted by Gasteiger charge is 2.11. The van der Waals surface area contributed by atoms with Crippen LogP contribution in [0, 0.1) is 13.8 Å². The van der Waals surface area contributed by atoms with Gasteiger partial charge < -0.3 is 10.1 Å². The summed E-state index contributed by atoms with van der Waals surface area (Å²) in [6, 6.07) is 4.39. The van der Waals surface area contributed by atoms with Crippen molar-refractivity contribution in [2.45, 2.75) is 53.3 Å². The molecule has 3 nitrogen and oxygen atoms in total. The fourth-order valence-electron chi connectivity index (χ4n) is 2.19. The number of aromatic nitrogens is 1. The van der Waals surface area contributed by atoms with E-state index in [0.29, 0.717) is 6.61 Å². The molecule has 0 spiro atoms. The number of nitrogens with one attached hydrogen (secondary N) is 1. The Bertz CT molecular complexity index is 562. The second-order valence-electron chi connectivity index (χ2n) is 6.43. The van der Waals surface area contributed by atoms with Gasteiger partial charge in [-0.2, -0.15) is 0 Å². The minimum Gasteiger partial charge on any atom is -0.487 e. The highest BCUT2D eigenvalue weighted by molar-refractivity contribution is 7.07. The van der Waals surface area contributed by atoms with E-state index in [1.807, 2.05) is 10.9 Å². The van der Waals surface area contributed by atoms with Crippen molar-refractivity contribution in [3.63, 3.8) is 0 Å². The molecule has 114 valence electrons. The Balaban J connectivity index is 2.06. The van der Waals surface area contributed by atoms with E-state index in [2.05, 4.69) is 57.1 Å². The first-order chi connectivity index (χ1) is 9.85. The molecule has 0 aliphatic heterocycles. The summed E-state index contributed by atoms with van der Waals surface area (Å²) in [5.41, 5.74) is 6.59. The molecule has 1 aromatic heterocycles. The van der Waals surface area contributed by atoms with E-state index in [1.165, 1.54) is 16.7 Å². The molecule has 0 saturated carbocycles. The summed E-state index contributed by atoms with van der Waals surface area (Å²) in [6.45, 7) is 12.1. The molecule has 0 unspecified atom stereocenters. The zero-order valence-corrected chi connectivity index (χ0v) is 14.3. The normalized spacial score (nSPS) is 11.7. The van der Waals surface area contributed by atoms with Crippen LogP contribution in [-0.4, -0.2) is 10.5 Å². The van der Waals surface area contributed by atoms with Crippen LogP contribution in [0.15, 0.2) is 23.0 Å². The van der Waals surface area contributed by atoms with Crippen LogP contribution in [0.4, 0.5) is 0 Å². The van der Waals surface area contributed by atoms with Gasteiger partial charge in [0.1, 0.15) is 12.4 Å². The lowest BCUT2D eigenvalue weighted by molar-refractivity contribution is 0.298. The Morgan fingerprint density at radius 3 is 2.38 bits per heavy atom. The molecule has 0 radical (unpaired) electrons. The monoisotopic (exact) mass is 304 g/mol. The first-order valence-corrected chi connectivity index (χ1v) is 8.14. The summed E-state index contributed by atoms with van der Waals surface area (Å²) in [5.74, 6) is 0.975. The van der Waals surface area contributed by atoms with Crippen LogP contribution in [0.2, 0.25) is 0 Å². The van der Waals surface area contributed by atoms with Gasteiger partial charge in [0.15, 0.2) is 0 Å². The van der Waals surface area contributed by atoms with Crippen molar-refractivity contribution >= 4 is 11.3 Å². The van der Waals surface area contributed by atoms with Gasteiger partial charge in [-0.05, 0) is 51.3 Å². The summed E-state index contributed by atoms with van der Waals surface area (Å²) in [5, 5.41) is 5.54. The van der Waals surface area contributed by atoms with Crippen LogP contribution in [-0.2, 0) is 13.2 Å². The zero-order valence-electron chi connectivity index (χ0n) is 13.5. The summed E-state index contributed by atoms with van der Waals surface area (Å²) < 4.78 is 5.94. The third-order valence-electron chi connectivity index (χ3n) is 3.19. The van der Waals surface area contributed by atoms with Crippen LogP contribution in [0.25, 0.3) is 0 Å². The Labute approximate surface area is 131 Å². The van der Waals surface area contributed by atoms with Gasteiger partial charge in [0.25, 0.3) is 0 Å². The molecule has 1 aromatic carbocycles. The number of rotatable bonds is 5. The van der Waals surface area contributed by atoms with E-state index in [-0.39, 0.29) is 5.54 Å². The first-order valence-electron chi connectivity index (χ1n) is 7.20. The van der Waals surface area contributed by atoms with Gasteiger partial charge >= 0.3 is 0 Å². The number of hydrogen-bond donors (Lipinski definition) is 1. The molecule has 0 aliphatic rings. The largest absolute Gasteiger partial charge is 0.487 e. The number of nitrogens with zero attached hydrogens (tertiary/aromatic N) is 1. The summed E-state index contributed by atoms with van der Waals surface area (Å²) >= 11 is 1.60. The van der Waals surface area contributed by atoms with Crippen LogP contribution < -0.4 is 10.1 Å². The maximum Gasteiger partial charge on any atom is 0.131 e. The van der Waals surface area contributed by atoms with Gasteiger partial charge in [0.2, 0.25) is 0 Å². The molecule has 0 bridgehead atoms. The standard InChI is InChI=1S/C17H24N2OS/c1-12-6-14(8-19-17(3,4)5)7-13(2)16(12)20-9-15-10-21-11-18-15/h6-7,10-11,19H,8-9H2,1-5H3. The van der Waals surface area contributed by atoms with Crippen molar-refractivity contribution in [2.24, 2.45) is 0 Å². The second kappa shape index (κ2) is 6.58. The first kappa shape index (κ1) is 16.0. The Morgan fingerprint density at radius 1 is 1.19 bits per heavy atom. The molecular weight excluding hydrogens is 280 g/mol. The Morgan fingerprint density at radius 2 is 1.86 bits per heavy atom. The lowest BCUT2D eigenvalue weighted by Gasteiger charge is -2.21. The topological polar surface area (TPSA) is 34.1 Å². The third-order valence-corrected chi connectivity index (χ3v) is 3.83. The summed E-state index contributed by atoms with van der Waals surface area (Å²) in [7, 11) is 0. The maximum atomic E-state index is 5.94. The molecular formula is C17H24N2OS. The van der Waals surface area contributed by atoms with E-state index in [1.54, 1.807) is 11.3 Å². The number of benzene rings is 1. The number of ether oxygens (including phenoxy) is 1. The quantitative estimate of drug-likeness (QED) is 0.897. The molecule has 1 N–H and O–H groups in total. The van der Waals surface area contributed by atoms with Gasteiger partial charge in [-0.3, -0.25) is 0 Å². The highest BCUT2D eigenvalue weighted by Crippen LogP contribution is 2.26. The predicted molar refractivity (Wildman–Crippen MR) is 89.0 cm³/mol. The van der Waals surface area contributed by atoms with E-state index < -0.39 is 0 Å². The molecule has 0 saturated heterocycles. The molecule has 2 aromatic rings. The molecule has 0 atom stereocenters. The summed E-state index contributed by atoms with van der Waals surface area (Å²) in [4.78, 5) is 4.25. The van der Waals surface area contributed by atoms with Crippen molar-refractivity contribution < 1.29 is 4.74 Å². The third kappa shape index (κ3) is 4.83. The molecule has 4 heteroatoms. The van der Waals surface area contributed by atoms with E-state index in [9.17, 15) is 0 Å². The van der Waals surface area contributed by atoms with Gasteiger partial charge in [-0.1, -0.05) is 12.1 Å². The van der Waals surface area contributed by atoms with Crippen molar-refractivity contribution in [1.29, 1.82) is 0 Å². The zero-order chi connectivity index (χ0) is 15.5. The van der Waals surface area contributed by atoms with Crippen LogP contribution in [0.5, 0.6) is 5.75 Å². The van der Waals surface area contributed by atoms with Crippen LogP contribution in [0.3, 0.4) is 0 Å². The molecule has 2 rings (SSSR count). The summed E-state index contributed by atoms with van der Waals surface area (Å²) in [6.07, 6.45) is 0. The van der Waals surface area contributed by atoms with E-state index >= 15 is 0 Å². The van der Waals surface area contributed by atoms with Crippen molar-refractivity contribution in [3.8, 4) is 5.75 Å². The van der Waals surface area contributed by atoms with Gasteiger partial charge in [0.05, 0.1) is 11.2 Å². The Hall–Kier alpha value is -1.39. The smallest absolute Gasteiger partial charge is 0.131 e. The fourth-order valence-corrected chi connectivity index (χ4v) is 2.73. The minimum atomic E-state index is 0.127. The number of aryl methyl sites for hydroxylation is 2. The van der Waals surface area contributed by atoms with Crippen LogP contribution in [0.1, 0.15) is 43.2 Å². The maximum absolute atomic E-state index is 5.94. The average Bonchev–Trinajstić information content (AvgIpc) is 2.87.